The number of ether oxygens (including phenoxy) is 2. The largest absolute Gasteiger partial charge is 0.451 e. The lowest BCUT2D eigenvalue weighted by molar-refractivity contribution is -0.146. The number of rotatable bonds is 5. The summed E-state index contributed by atoms with van der Waals surface area (Å²) in [6.45, 7) is 7.18. The van der Waals surface area contributed by atoms with Crippen molar-refractivity contribution >= 4 is 33.4 Å². The van der Waals surface area contributed by atoms with Crippen LogP contribution in [0.4, 0.5) is 0 Å². The van der Waals surface area contributed by atoms with Gasteiger partial charge in [-0.05, 0) is 32.4 Å². The van der Waals surface area contributed by atoms with Gasteiger partial charge in [-0.3, -0.25) is 9.48 Å². The zero-order valence-electron chi connectivity index (χ0n) is 17.3. The lowest BCUT2D eigenvalue weighted by Crippen LogP contribution is -2.49. The van der Waals surface area contributed by atoms with Crippen LogP contribution in [0, 0.1) is 6.92 Å². The SMILES string of the molecule is Cc1nn(Cc2ccccc2)c2sc(C(=O)OCC(=O)N3CC(C)OC(C)C3)cc12. The number of fused-ring (bicyclic) bond motifs is 1. The lowest BCUT2D eigenvalue weighted by atomic mass is 10.2. The summed E-state index contributed by atoms with van der Waals surface area (Å²) >= 11 is 1.34. The molecule has 0 spiro atoms. The quantitative estimate of drug-likeness (QED) is 0.585. The number of aryl methyl sites for hydroxylation is 1. The maximum absolute atomic E-state index is 12.6. The van der Waals surface area contributed by atoms with Crippen LogP contribution in [0.5, 0.6) is 0 Å². The molecule has 0 radical (unpaired) electrons. The summed E-state index contributed by atoms with van der Waals surface area (Å²) in [4.78, 5) is 28.1. The Hall–Kier alpha value is -2.71. The molecular formula is C22H25N3O4S. The highest BCUT2D eigenvalue weighted by atomic mass is 32.1. The third kappa shape index (κ3) is 4.39. The minimum Gasteiger partial charge on any atom is -0.451 e. The molecule has 8 heteroatoms. The second kappa shape index (κ2) is 8.57. The summed E-state index contributed by atoms with van der Waals surface area (Å²) in [5, 5.41) is 5.53. The van der Waals surface area contributed by atoms with Crippen molar-refractivity contribution < 1.29 is 19.1 Å². The van der Waals surface area contributed by atoms with E-state index >= 15 is 0 Å². The van der Waals surface area contributed by atoms with E-state index in [0.717, 1.165) is 21.5 Å². The first-order valence-corrected chi connectivity index (χ1v) is 10.8. The maximum Gasteiger partial charge on any atom is 0.348 e. The molecule has 1 aliphatic rings. The number of amides is 1. The molecule has 3 aromatic rings. The number of morpholine rings is 1. The Morgan fingerprint density at radius 3 is 2.60 bits per heavy atom. The molecule has 0 aliphatic carbocycles. The van der Waals surface area contributed by atoms with Crippen molar-refractivity contribution in [1.29, 1.82) is 0 Å². The summed E-state index contributed by atoms with van der Waals surface area (Å²) in [6, 6.07) is 11.9. The molecule has 7 nitrogen and oxygen atoms in total. The van der Waals surface area contributed by atoms with Crippen molar-refractivity contribution in [1.82, 2.24) is 14.7 Å². The molecule has 1 fully saturated rings. The summed E-state index contributed by atoms with van der Waals surface area (Å²) < 4.78 is 12.9. The van der Waals surface area contributed by atoms with E-state index < -0.39 is 5.97 Å². The summed E-state index contributed by atoms with van der Waals surface area (Å²) in [5.74, 6) is -0.678. The van der Waals surface area contributed by atoms with Gasteiger partial charge in [0.1, 0.15) is 9.71 Å². The van der Waals surface area contributed by atoms with E-state index in [-0.39, 0.29) is 24.7 Å². The monoisotopic (exact) mass is 427 g/mol. The molecule has 158 valence electrons. The van der Waals surface area contributed by atoms with Gasteiger partial charge in [0.05, 0.1) is 24.4 Å². The molecule has 2 atom stereocenters. The smallest absolute Gasteiger partial charge is 0.348 e. The molecular weight excluding hydrogens is 402 g/mol. The first kappa shape index (κ1) is 20.6. The Bertz CT molecular complexity index is 1050. The van der Waals surface area contributed by atoms with Crippen LogP contribution in [0.25, 0.3) is 10.2 Å². The Balaban J connectivity index is 1.43. The molecule has 30 heavy (non-hydrogen) atoms. The highest BCUT2D eigenvalue weighted by Gasteiger charge is 2.27. The first-order chi connectivity index (χ1) is 14.4. The minimum atomic E-state index is -0.482. The van der Waals surface area contributed by atoms with Gasteiger partial charge < -0.3 is 14.4 Å². The molecule has 2 aromatic heterocycles. The molecule has 1 aliphatic heterocycles. The third-order valence-electron chi connectivity index (χ3n) is 5.08. The predicted molar refractivity (Wildman–Crippen MR) is 115 cm³/mol. The fraction of sp³-hybridized carbons (Fsp3) is 0.409. The highest BCUT2D eigenvalue weighted by molar-refractivity contribution is 7.20. The molecule has 3 heterocycles. The van der Waals surface area contributed by atoms with Crippen molar-refractivity contribution in [2.75, 3.05) is 19.7 Å². The Morgan fingerprint density at radius 2 is 1.90 bits per heavy atom. The van der Waals surface area contributed by atoms with Crippen LogP contribution in [0.2, 0.25) is 0 Å². The van der Waals surface area contributed by atoms with Gasteiger partial charge in [-0.15, -0.1) is 11.3 Å². The van der Waals surface area contributed by atoms with E-state index in [0.29, 0.717) is 24.5 Å². The third-order valence-corrected chi connectivity index (χ3v) is 6.21. The molecule has 0 bridgehead atoms. The Morgan fingerprint density at radius 1 is 1.20 bits per heavy atom. The van der Waals surface area contributed by atoms with E-state index in [1.165, 1.54) is 11.3 Å². The number of aromatic nitrogens is 2. The second-order valence-corrected chi connectivity index (χ2v) is 8.72. The van der Waals surface area contributed by atoms with Crippen LogP contribution in [0.1, 0.15) is 34.8 Å². The van der Waals surface area contributed by atoms with Crippen LogP contribution >= 0.6 is 11.3 Å². The molecule has 1 aromatic carbocycles. The second-order valence-electron chi connectivity index (χ2n) is 7.69. The van der Waals surface area contributed by atoms with Crippen molar-refractivity contribution in [3.63, 3.8) is 0 Å². The highest BCUT2D eigenvalue weighted by Crippen LogP contribution is 2.29. The summed E-state index contributed by atoms with van der Waals surface area (Å²) in [6.07, 6.45) is -0.0435. The number of hydrogen-bond acceptors (Lipinski definition) is 6. The maximum atomic E-state index is 12.6. The van der Waals surface area contributed by atoms with E-state index in [1.54, 1.807) is 11.0 Å². The van der Waals surface area contributed by atoms with Gasteiger partial charge in [0, 0.05) is 18.5 Å². The van der Waals surface area contributed by atoms with Gasteiger partial charge in [0.15, 0.2) is 6.61 Å². The molecule has 1 amide bonds. The molecule has 4 rings (SSSR count). The van der Waals surface area contributed by atoms with Crippen molar-refractivity contribution in [3.05, 3.63) is 52.5 Å². The minimum absolute atomic E-state index is 0.0217. The number of thiophene rings is 1. The van der Waals surface area contributed by atoms with E-state index in [1.807, 2.05) is 55.8 Å². The van der Waals surface area contributed by atoms with Crippen LogP contribution < -0.4 is 0 Å². The molecule has 1 saturated heterocycles. The zero-order valence-corrected chi connectivity index (χ0v) is 18.1. The van der Waals surface area contributed by atoms with Crippen molar-refractivity contribution in [2.45, 2.75) is 39.5 Å². The average molecular weight is 428 g/mol. The van der Waals surface area contributed by atoms with Crippen LogP contribution in [0.3, 0.4) is 0 Å². The molecule has 0 saturated carbocycles. The van der Waals surface area contributed by atoms with E-state index in [2.05, 4.69) is 5.10 Å². The van der Waals surface area contributed by atoms with E-state index in [4.69, 9.17) is 9.47 Å². The molecule has 0 N–H and O–H groups in total. The normalized spacial score (nSPS) is 19.2. The number of carbonyl (C=O) groups is 2. The van der Waals surface area contributed by atoms with Crippen LogP contribution in [-0.4, -0.2) is 58.5 Å². The van der Waals surface area contributed by atoms with Gasteiger partial charge in [-0.2, -0.15) is 5.10 Å². The van der Waals surface area contributed by atoms with Crippen molar-refractivity contribution in [2.24, 2.45) is 0 Å². The number of carbonyl (C=O) groups excluding carboxylic acids is 2. The summed E-state index contributed by atoms with van der Waals surface area (Å²) in [5.41, 5.74) is 2.00. The lowest BCUT2D eigenvalue weighted by Gasteiger charge is -2.35. The van der Waals surface area contributed by atoms with Gasteiger partial charge in [0.2, 0.25) is 0 Å². The molecule has 2 unspecified atom stereocenters. The average Bonchev–Trinajstić information content (AvgIpc) is 3.27. The van der Waals surface area contributed by atoms with Crippen LogP contribution in [0.15, 0.2) is 36.4 Å². The number of benzene rings is 1. The Kier molecular flexibility index (Phi) is 5.87. The number of hydrogen-bond donors (Lipinski definition) is 0. The van der Waals surface area contributed by atoms with Gasteiger partial charge in [-0.25, -0.2) is 4.79 Å². The fourth-order valence-electron chi connectivity index (χ4n) is 3.75. The predicted octanol–water partition coefficient (Wildman–Crippen LogP) is 3.25. The number of nitrogens with zero attached hydrogens (tertiary/aromatic N) is 3. The van der Waals surface area contributed by atoms with Crippen molar-refractivity contribution in [3.8, 4) is 0 Å². The number of esters is 1. The topological polar surface area (TPSA) is 73.7 Å². The fourth-order valence-corrected chi connectivity index (χ4v) is 4.80. The Labute approximate surface area is 179 Å². The van der Waals surface area contributed by atoms with Crippen LogP contribution in [-0.2, 0) is 20.8 Å². The standard InChI is InChI=1S/C22H25N3O4S/c1-14-10-24(11-15(2)29-14)20(26)13-28-22(27)19-9-18-16(3)23-25(21(18)30-19)12-17-7-5-4-6-8-17/h4-9,14-15H,10-13H2,1-3H3. The zero-order chi connectivity index (χ0) is 21.3. The van der Waals surface area contributed by atoms with Gasteiger partial charge >= 0.3 is 5.97 Å². The first-order valence-electron chi connectivity index (χ1n) is 10.0. The summed E-state index contributed by atoms with van der Waals surface area (Å²) in [7, 11) is 0. The van der Waals surface area contributed by atoms with E-state index in [9.17, 15) is 9.59 Å². The van der Waals surface area contributed by atoms with Gasteiger partial charge in [0.25, 0.3) is 5.91 Å². The van der Waals surface area contributed by atoms with Gasteiger partial charge in [-0.1, -0.05) is 30.3 Å².